The van der Waals surface area contributed by atoms with Gasteiger partial charge in [-0.05, 0) is 30.1 Å². The van der Waals surface area contributed by atoms with Crippen molar-refractivity contribution >= 4 is 15.7 Å². The minimum absolute atomic E-state index is 0.289. The molecule has 0 spiro atoms. The van der Waals surface area contributed by atoms with E-state index in [9.17, 15) is 18.5 Å². The second kappa shape index (κ2) is 7.14. The summed E-state index contributed by atoms with van der Waals surface area (Å²) in [6, 6.07) is 4.99. The number of hydrogen-bond donors (Lipinski definition) is 0. The third-order valence-electron chi connectivity index (χ3n) is 4.75. The molecule has 0 amide bonds. The molecule has 0 radical (unpaired) electrons. The first-order valence-electron chi connectivity index (χ1n) is 8.26. The largest absolute Gasteiger partial charge is 0.368 e. The van der Waals surface area contributed by atoms with Gasteiger partial charge in [0.1, 0.15) is 0 Å². The molecular weight excluding hydrogens is 356 g/mol. The van der Waals surface area contributed by atoms with Crippen LogP contribution in [0.3, 0.4) is 0 Å². The van der Waals surface area contributed by atoms with Gasteiger partial charge in [0.15, 0.2) is 4.90 Å². The van der Waals surface area contributed by atoms with Gasteiger partial charge in [-0.3, -0.25) is 10.1 Å². The van der Waals surface area contributed by atoms with Crippen molar-refractivity contribution in [2.45, 2.75) is 29.9 Å². The average Bonchev–Trinajstić information content (AvgIpc) is 3.29. The van der Waals surface area contributed by atoms with Gasteiger partial charge in [0, 0.05) is 12.6 Å². The smallest absolute Gasteiger partial charge is 0.289 e. The van der Waals surface area contributed by atoms with E-state index in [1.165, 1.54) is 28.6 Å². The maximum absolute atomic E-state index is 13.2. The Kier molecular flexibility index (Phi) is 5.08. The van der Waals surface area contributed by atoms with Crippen LogP contribution in [-0.4, -0.2) is 42.9 Å². The molecule has 3 rings (SSSR count). The Morgan fingerprint density at radius 3 is 2.81 bits per heavy atom. The lowest BCUT2D eigenvalue weighted by Gasteiger charge is -2.30. The Morgan fingerprint density at radius 1 is 1.38 bits per heavy atom. The molecule has 1 saturated heterocycles. The number of ether oxygens (including phenoxy) is 1. The number of nitro benzene ring substituents is 1. The standard InChI is InChI=1S/C18H20N2O5S/c1-3-13(2)14-10-12-25-18(14)16-8-6-11-19(16)26(23,24)17-9-5-4-7-15(17)20(21)22/h3-5,7,9-10,16,18H,1-2,6,8,11-12H2/t16-,18+/m1/s1. The van der Waals surface area contributed by atoms with Crippen molar-refractivity contribution in [1.82, 2.24) is 4.31 Å². The summed E-state index contributed by atoms with van der Waals surface area (Å²) >= 11 is 0. The van der Waals surface area contributed by atoms with E-state index in [1.54, 1.807) is 6.08 Å². The molecule has 1 fully saturated rings. The molecule has 2 aliphatic heterocycles. The monoisotopic (exact) mass is 376 g/mol. The molecule has 1 aromatic rings. The van der Waals surface area contributed by atoms with Crippen LogP contribution in [0.4, 0.5) is 5.69 Å². The topological polar surface area (TPSA) is 89.8 Å². The van der Waals surface area contributed by atoms with Crippen molar-refractivity contribution < 1.29 is 18.1 Å². The van der Waals surface area contributed by atoms with Gasteiger partial charge in [-0.2, -0.15) is 4.31 Å². The first-order valence-corrected chi connectivity index (χ1v) is 9.70. The van der Waals surface area contributed by atoms with E-state index in [2.05, 4.69) is 13.2 Å². The predicted molar refractivity (Wildman–Crippen MR) is 97.2 cm³/mol. The molecule has 2 heterocycles. The highest BCUT2D eigenvalue weighted by atomic mass is 32.2. The van der Waals surface area contributed by atoms with Crippen molar-refractivity contribution in [2.24, 2.45) is 0 Å². The Bertz CT molecular complexity index is 891. The quantitative estimate of drug-likeness (QED) is 0.433. The number of sulfonamides is 1. The predicted octanol–water partition coefficient (Wildman–Crippen LogP) is 2.82. The van der Waals surface area contributed by atoms with Gasteiger partial charge in [0.05, 0.1) is 23.7 Å². The molecule has 0 aliphatic carbocycles. The first kappa shape index (κ1) is 18.5. The van der Waals surface area contributed by atoms with Crippen LogP contribution in [0.5, 0.6) is 0 Å². The van der Waals surface area contributed by atoms with Gasteiger partial charge in [-0.25, -0.2) is 8.42 Å². The highest BCUT2D eigenvalue weighted by Gasteiger charge is 2.44. The maximum atomic E-state index is 13.2. The van der Waals surface area contributed by atoms with Gasteiger partial charge in [0.25, 0.3) is 5.69 Å². The van der Waals surface area contributed by atoms with E-state index in [4.69, 9.17) is 4.74 Å². The van der Waals surface area contributed by atoms with Crippen LogP contribution in [0, 0.1) is 10.1 Å². The van der Waals surface area contributed by atoms with Gasteiger partial charge >= 0.3 is 0 Å². The zero-order chi connectivity index (χ0) is 18.9. The Morgan fingerprint density at radius 2 is 2.12 bits per heavy atom. The lowest BCUT2D eigenvalue weighted by Crippen LogP contribution is -2.43. The van der Waals surface area contributed by atoms with Crippen LogP contribution in [-0.2, 0) is 14.8 Å². The molecule has 0 unspecified atom stereocenters. The number of hydrogen-bond acceptors (Lipinski definition) is 5. The summed E-state index contributed by atoms with van der Waals surface area (Å²) in [5, 5.41) is 11.3. The third-order valence-corrected chi connectivity index (χ3v) is 6.72. The summed E-state index contributed by atoms with van der Waals surface area (Å²) in [5.41, 5.74) is 1.11. The summed E-state index contributed by atoms with van der Waals surface area (Å²) in [4.78, 5) is 10.3. The zero-order valence-electron chi connectivity index (χ0n) is 14.2. The summed E-state index contributed by atoms with van der Waals surface area (Å²) < 4.78 is 33.5. The van der Waals surface area contributed by atoms with Crippen LogP contribution in [0.1, 0.15) is 12.8 Å². The van der Waals surface area contributed by atoms with E-state index >= 15 is 0 Å². The van der Waals surface area contributed by atoms with Gasteiger partial charge in [-0.1, -0.05) is 37.4 Å². The fourth-order valence-electron chi connectivity index (χ4n) is 3.52. The van der Waals surface area contributed by atoms with E-state index in [0.717, 1.165) is 5.57 Å². The second-order valence-corrected chi connectivity index (χ2v) is 8.05. The van der Waals surface area contributed by atoms with Crippen LogP contribution in [0.2, 0.25) is 0 Å². The van der Waals surface area contributed by atoms with Crippen LogP contribution < -0.4 is 0 Å². The number of benzene rings is 1. The third kappa shape index (κ3) is 3.11. The Labute approximate surface area is 152 Å². The summed E-state index contributed by atoms with van der Waals surface area (Å²) in [6.07, 6.45) is 4.33. The highest BCUT2D eigenvalue weighted by molar-refractivity contribution is 7.89. The Balaban J connectivity index is 1.98. The molecule has 0 saturated carbocycles. The molecule has 8 heteroatoms. The number of nitrogens with zero attached hydrogens (tertiary/aromatic N) is 2. The summed E-state index contributed by atoms with van der Waals surface area (Å²) in [6.45, 7) is 8.32. The SMILES string of the molecule is C=CC(=C)C1=CCO[C@@H]1[C@H]1CCCN1S(=O)(=O)c1ccccc1[N+](=O)[O-]. The summed E-state index contributed by atoms with van der Waals surface area (Å²) in [7, 11) is -4.03. The molecule has 7 nitrogen and oxygen atoms in total. The molecule has 0 aromatic heterocycles. The van der Waals surface area contributed by atoms with Crippen molar-refractivity contribution in [1.29, 1.82) is 0 Å². The number of para-hydroxylation sites is 1. The normalized spacial score (nSPS) is 23.6. The number of nitro groups is 1. The van der Waals surface area contributed by atoms with Gasteiger partial charge in [0.2, 0.25) is 10.0 Å². The van der Waals surface area contributed by atoms with Crippen molar-refractivity contribution in [2.75, 3.05) is 13.2 Å². The minimum Gasteiger partial charge on any atom is -0.368 e. The second-order valence-electron chi connectivity index (χ2n) is 6.19. The molecule has 138 valence electrons. The number of rotatable bonds is 6. The number of allylic oxidation sites excluding steroid dienone is 1. The van der Waals surface area contributed by atoms with Crippen LogP contribution >= 0.6 is 0 Å². The fraction of sp³-hybridized carbons (Fsp3) is 0.333. The molecular formula is C18H20N2O5S. The minimum atomic E-state index is -4.03. The van der Waals surface area contributed by atoms with Crippen LogP contribution in [0.25, 0.3) is 0 Å². The molecule has 2 aliphatic rings. The van der Waals surface area contributed by atoms with E-state index in [-0.39, 0.29) is 4.90 Å². The van der Waals surface area contributed by atoms with Crippen molar-refractivity contribution in [3.05, 3.63) is 70.8 Å². The first-order chi connectivity index (χ1) is 12.4. The molecule has 0 N–H and O–H groups in total. The van der Waals surface area contributed by atoms with E-state index in [1.807, 2.05) is 6.08 Å². The molecule has 2 atom stereocenters. The van der Waals surface area contributed by atoms with E-state index < -0.39 is 32.8 Å². The lowest BCUT2D eigenvalue weighted by atomic mass is 9.96. The molecule has 0 bridgehead atoms. The average molecular weight is 376 g/mol. The highest BCUT2D eigenvalue weighted by Crippen LogP contribution is 2.37. The van der Waals surface area contributed by atoms with Crippen LogP contribution in [0.15, 0.2) is 65.6 Å². The maximum Gasteiger partial charge on any atom is 0.289 e. The van der Waals surface area contributed by atoms with Gasteiger partial charge in [-0.15, -0.1) is 0 Å². The molecule has 26 heavy (non-hydrogen) atoms. The van der Waals surface area contributed by atoms with E-state index in [0.29, 0.717) is 31.6 Å². The van der Waals surface area contributed by atoms with Crippen molar-refractivity contribution in [3.63, 3.8) is 0 Å². The molecule has 1 aromatic carbocycles. The van der Waals surface area contributed by atoms with Crippen molar-refractivity contribution in [3.8, 4) is 0 Å². The van der Waals surface area contributed by atoms with Gasteiger partial charge < -0.3 is 4.74 Å². The lowest BCUT2D eigenvalue weighted by molar-refractivity contribution is -0.387. The Hall–Kier alpha value is -2.29. The zero-order valence-corrected chi connectivity index (χ0v) is 15.0. The summed E-state index contributed by atoms with van der Waals surface area (Å²) in [5.74, 6) is 0. The fourth-order valence-corrected chi connectivity index (χ4v) is 5.37.